The average molecular weight is 310 g/mol. The molecule has 23 heavy (non-hydrogen) atoms. The van der Waals surface area contributed by atoms with Crippen molar-refractivity contribution in [3.05, 3.63) is 48.8 Å². The lowest BCUT2D eigenvalue weighted by Gasteiger charge is -2.07. The highest BCUT2D eigenvalue weighted by atomic mass is 16.2. The fourth-order valence-corrected chi connectivity index (χ4v) is 2.18. The molecule has 0 aliphatic heterocycles. The maximum absolute atomic E-state index is 11.9. The molecule has 2 heterocycles. The van der Waals surface area contributed by atoms with Crippen molar-refractivity contribution < 1.29 is 4.79 Å². The number of anilines is 1. The van der Waals surface area contributed by atoms with E-state index in [0.29, 0.717) is 6.54 Å². The van der Waals surface area contributed by atoms with Gasteiger partial charge >= 0.3 is 0 Å². The number of amides is 1. The topological polar surface area (TPSA) is 84.7 Å². The van der Waals surface area contributed by atoms with Crippen molar-refractivity contribution in [2.75, 3.05) is 18.4 Å². The highest BCUT2D eigenvalue weighted by Crippen LogP contribution is 2.06. The molecular formula is C16H18N6O. The summed E-state index contributed by atoms with van der Waals surface area (Å²) in [6.45, 7) is 1.51. The van der Waals surface area contributed by atoms with Crippen LogP contribution in [0.3, 0.4) is 0 Å². The molecule has 0 fully saturated rings. The summed E-state index contributed by atoms with van der Waals surface area (Å²) in [6, 6.07) is 11.4. The zero-order chi connectivity index (χ0) is 15.9. The number of aromatic nitrogens is 4. The molecule has 0 saturated carbocycles. The molecule has 0 radical (unpaired) electrons. The summed E-state index contributed by atoms with van der Waals surface area (Å²) in [5.74, 6) is -0.0910. The third-order valence-electron chi connectivity index (χ3n) is 3.28. The van der Waals surface area contributed by atoms with E-state index < -0.39 is 0 Å². The van der Waals surface area contributed by atoms with E-state index in [1.165, 1.54) is 4.80 Å². The zero-order valence-electron chi connectivity index (χ0n) is 12.6. The van der Waals surface area contributed by atoms with E-state index >= 15 is 0 Å². The Bertz CT molecular complexity index is 737. The molecule has 118 valence electrons. The van der Waals surface area contributed by atoms with Gasteiger partial charge in [-0.25, -0.2) is 0 Å². The Morgan fingerprint density at radius 1 is 1.04 bits per heavy atom. The van der Waals surface area contributed by atoms with Gasteiger partial charge in [-0.3, -0.25) is 9.78 Å². The molecule has 1 aromatic carbocycles. The fraction of sp³-hybridized carbons (Fsp3) is 0.250. The van der Waals surface area contributed by atoms with Crippen LogP contribution >= 0.6 is 0 Å². The summed E-state index contributed by atoms with van der Waals surface area (Å²) in [6.07, 6.45) is 4.33. The van der Waals surface area contributed by atoms with Gasteiger partial charge in [-0.15, -0.1) is 0 Å². The molecule has 0 atom stereocenters. The van der Waals surface area contributed by atoms with E-state index in [0.717, 1.165) is 29.7 Å². The number of benzene rings is 1. The maximum Gasteiger partial charge on any atom is 0.243 e. The number of carbonyl (C=O) groups is 1. The molecule has 3 aromatic rings. The number of pyridine rings is 1. The fourth-order valence-electron chi connectivity index (χ4n) is 2.18. The van der Waals surface area contributed by atoms with Gasteiger partial charge in [0, 0.05) is 25.5 Å². The minimum absolute atomic E-state index is 0.0910. The van der Waals surface area contributed by atoms with Crippen LogP contribution in [-0.2, 0) is 11.3 Å². The van der Waals surface area contributed by atoms with Gasteiger partial charge in [0.2, 0.25) is 5.91 Å². The lowest BCUT2D eigenvalue weighted by Crippen LogP contribution is -2.30. The van der Waals surface area contributed by atoms with Crippen molar-refractivity contribution in [1.82, 2.24) is 25.3 Å². The number of nitrogens with zero attached hydrogens (tertiary/aromatic N) is 4. The lowest BCUT2D eigenvalue weighted by atomic mass is 10.3. The smallest absolute Gasteiger partial charge is 0.243 e. The third kappa shape index (κ3) is 4.26. The van der Waals surface area contributed by atoms with Crippen LogP contribution in [0.1, 0.15) is 6.42 Å². The van der Waals surface area contributed by atoms with Gasteiger partial charge in [0.1, 0.15) is 17.6 Å². The molecule has 1 amide bonds. The summed E-state index contributed by atoms with van der Waals surface area (Å²) in [5.41, 5.74) is 2.56. The van der Waals surface area contributed by atoms with Crippen LogP contribution in [0.5, 0.6) is 0 Å². The van der Waals surface area contributed by atoms with Crippen molar-refractivity contribution in [3.8, 4) is 0 Å². The molecule has 2 aromatic heterocycles. The van der Waals surface area contributed by atoms with Crippen molar-refractivity contribution >= 4 is 22.6 Å². The SMILES string of the molecule is O=C(Cn1nc2ccccc2n1)NCCCNc1cccnc1. The van der Waals surface area contributed by atoms with Gasteiger partial charge in [-0.05, 0) is 30.7 Å². The molecule has 3 rings (SSSR count). The maximum atomic E-state index is 11.9. The number of hydrogen-bond donors (Lipinski definition) is 2. The first-order valence-electron chi connectivity index (χ1n) is 7.52. The number of fused-ring (bicyclic) bond motifs is 1. The Labute approximate surface area is 133 Å². The summed E-state index contributed by atoms with van der Waals surface area (Å²) < 4.78 is 0. The van der Waals surface area contributed by atoms with Crippen molar-refractivity contribution in [2.45, 2.75) is 13.0 Å². The average Bonchev–Trinajstić information content (AvgIpc) is 2.97. The standard InChI is InChI=1S/C16H18N6O/c23-16(12-22-20-14-6-1-2-7-15(14)21-22)19-10-4-9-18-13-5-3-8-17-11-13/h1-3,5-8,11,18H,4,9-10,12H2,(H,19,23). The summed E-state index contributed by atoms with van der Waals surface area (Å²) in [4.78, 5) is 17.3. The normalized spacial score (nSPS) is 10.6. The Balaban J connectivity index is 1.38. The molecule has 0 bridgehead atoms. The van der Waals surface area contributed by atoms with Crippen LogP contribution in [0.15, 0.2) is 48.8 Å². The predicted octanol–water partition coefficient (Wildman–Crippen LogP) is 1.44. The van der Waals surface area contributed by atoms with E-state index in [1.807, 2.05) is 36.4 Å². The van der Waals surface area contributed by atoms with E-state index in [1.54, 1.807) is 12.4 Å². The Hall–Kier alpha value is -2.96. The Morgan fingerprint density at radius 2 is 1.83 bits per heavy atom. The van der Waals surface area contributed by atoms with E-state index in [-0.39, 0.29) is 12.5 Å². The van der Waals surface area contributed by atoms with Gasteiger partial charge in [0.15, 0.2) is 0 Å². The molecule has 2 N–H and O–H groups in total. The zero-order valence-corrected chi connectivity index (χ0v) is 12.6. The van der Waals surface area contributed by atoms with Gasteiger partial charge in [0.05, 0.1) is 5.69 Å². The van der Waals surface area contributed by atoms with Gasteiger partial charge in [-0.1, -0.05) is 12.1 Å². The van der Waals surface area contributed by atoms with Gasteiger partial charge < -0.3 is 10.6 Å². The first kappa shape index (κ1) is 15.0. The van der Waals surface area contributed by atoms with E-state index in [4.69, 9.17) is 0 Å². The monoisotopic (exact) mass is 310 g/mol. The molecule has 0 saturated heterocycles. The molecule has 0 unspecified atom stereocenters. The van der Waals surface area contributed by atoms with Crippen LogP contribution < -0.4 is 10.6 Å². The third-order valence-corrected chi connectivity index (χ3v) is 3.28. The minimum Gasteiger partial charge on any atom is -0.384 e. The van der Waals surface area contributed by atoms with Crippen LogP contribution in [0.25, 0.3) is 11.0 Å². The van der Waals surface area contributed by atoms with E-state index in [2.05, 4.69) is 25.8 Å². The second-order valence-electron chi connectivity index (χ2n) is 5.09. The first-order valence-corrected chi connectivity index (χ1v) is 7.52. The first-order chi connectivity index (χ1) is 11.3. The summed E-state index contributed by atoms with van der Waals surface area (Å²) in [5, 5.41) is 14.6. The number of nitrogens with one attached hydrogen (secondary N) is 2. The lowest BCUT2D eigenvalue weighted by molar-refractivity contribution is -0.122. The summed E-state index contributed by atoms with van der Waals surface area (Å²) in [7, 11) is 0. The number of hydrogen-bond acceptors (Lipinski definition) is 5. The Kier molecular flexibility index (Phi) is 4.78. The second-order valence-corrected chi connectivity index (χ2v) is 5.09. The highest BCUT2D eigenvalue weighted by molar-refractivity contribution is 5.77. The van der Waals surface area contributed by atoms with Gasteiger partial charge in [-0.2, -0.15) is 15.0 Å². The van der Waals surface area contributed by atoms with Crippen LogP contribution in [0, 0.1) is 0 Å². The van der Waals surface area contributed by atoms with Crippen molar-refractivity contribution in [2.24, 2.45) is 0 Å². The Morgan fingerprint density at radius 3 is 2.52 bits per heavy atom. The molecule has 7 nitrogen and oxygen atoms in total. The van der Waals surface area contributed by atoms with Gasteiger partial charge in [0.25, 0.3) is 0 Å². The van der Waals surface area contributed by atoms with E-state index in [9.17, 15) is 4.79 Å². The largest absolute Gasteiger partial charge is 0.384 e. The predicted molar refractivity (Wildman–Crippen MR) is 87.9 cm³/mol. The van der Waals surface area contributed by atoms with Crippen molar-refractivity contribution in [3.63, 3.8) is 0 Å². The number of rotatable bonds is 7. The molecular weight excluding hydrogens is 292 g/mol. The quantitative estimate of drug-likeness (QED) is 0.645. The highest BCUT2D eigenvalue weighted by Gasteiger charge is 2.06. The molecule has 0 aliphatic carbocycles. The number of carbonyl (C=O) groups excluding carboxylic acids is 1. The molecule has 7 heteroatoms. The minimum atomic E-state index is -0.0910. The molecule has 0 spiro atoms. The second kappa shape index (κ2) is 7.35. The van der Waals surface area contributed by atoms with Crippen molar-refractivity contribution in [1.29, 1.82) is 0 Å². The van der Waals surface area contributed by atoms with Crippen LogP contribution in [0.2, 0.25) is 0 Å². The van der Waals surface area contributed by atoms with Crippen LogP contribution in [-0.4, -0.2) is 39.0 Å². The summed E-state index contributed by atoms with van der Waals surface area (Å²) >= 11 is 0. The molecule has 0 aliphatic rings. The van der Waals surface area contributed by atoms with Crippen LogP contribution in [0.4, 0.5) is 5.69 Å².